The van der Waals surface area contributed by atoms with Crippen LogP contribution in [0.4, 0.5) is 0 Å². The number of hydrogen-bond acceptors (Lipinski definition) is 5. The highest BCUT2D eigenvalue weighted by molar-refractivity contribution is 7.91. The van der Waals surface area contributed by atoms with E-state index >= 15 is 0 Å². The highest BCUT2D eigenvalue weighted by atomic mass is 32.2. The van der Waals surface area contributed by atoms with Gasteiger partial charge in [-0.3, -0.25) is 9.69 Å². The molecule has 4 rings (SSSR count). The molecule has 122 valence electrons. The second kappa shape index (κ2) is 5.42. The average Bonchev–Trinajstić information content (AvgIpc) is 3.30. The summed E-state index contributed by atoms with van der Waals surface area (Å²) < 4.78 is 25.0. The maximum Gasteiger partial charge on any atom is 0.275 e. The fourth-order valence-electron chi connectivity index (χ4n) is 3.36. The Kier molecular flexibility index (Phi) is 3.50. The van der Waals surface area contributed by atoms with Crippen LogP contribution < -0.4 is 5.56 Å². The van der Waals surface area contributed by atoms with Crippen molar-refractivity contribution in [2.24, 2.45) is 0 Å². The van der Waals surface area contributed by atoms with Crippen molar-refractivity contribution in [3.05, 3.63) is 40.8 Å². The van der Waals surface area contributed by atoms with Crippen LogP contribution in [0.1, 0.15) is 19.3 Å². The molecule has 1 unspecified atom stereocenters. The smallest absolute Gasteiger partial charge is 0.275 e. The minimum atomic E-state index is -2.93. The summed E-state index contributed by atoms with van der Waals surface area (Å²) in [6, 6.07) is 7.79. The number of benzene rings is 1. The van der Waals surface area contributed by atoms with Crippen molar-refractivity contribution in [2.75, 3.05) is 11.5 Å². The van der Waals surface area contributed by atoms with Gasteiger partial charge in [-0.1, -0.05) is 18.2 Å². The molecule has 0 amide bonds. The normalized spacial score (nSPS) is 23.6. The van der Waals surface area contributed by atoms with Gasteiger partial charge >= 0.3 is 0 Å². The Bertz CT molecular complexity index is 902. The first-order chi connectivity index (χ1) is 11.0. The predicted molar refractivity (Wildman–Crippen MR) is 87.9 cm³/mol. The third-order valence-corrected chi connectivity index (χ3v) is 6.50. The summed E-state index contributed by atoms with van der Waals surface area (Å²) in [5, 5.41) is 5.76. The first-order valence-corrected chi connectivity index (χ1v) is 9.77. The molecule has 0 N–H and O–H groups in total. The first kappa shape index (κ1) is 14.8. The van der Waals surface area contributed by atoms with Crippen LogP contribution in [0.15, 0.2) is 35.3 Å². The number of aromatic nitrogens is 2. The van der Waals surface area contributed by atoms with E-state index in [0.717, 1.165) is 18.2 Å². The van der Waals surface area contributed by atoms with E-state index in [0.29, 0.717) is 24.5 Å². The van der Waals surface area contributed by atoms with Crippen molar-refractivity contribution in [2.45, 2.75) is 38.0 Å². The SMILES string of the molecule is O=c1c2ccccc2cnn1CN(C1CC1)C1CCS(=O)(=O)C1. The van der Waals surface area contributed by atoms with E-state index in [1.165, 1.54) is 4.68 Å². The van der Waals surface area contributed by atoms with E-state index < -0.39 is 9.84 Å². The second-order valence-electron chi connectivity index (χ2n) is 6.48. The third-order valence-electron chi connectivity index (χ3n) is 4.75. The molecule has 23 heavy (non-hydrogen) atoms. The fourth-order valence-corrected chi connectivity index (χ4v) is 5.10. The summed E-state index contributed by atoms with van der Waals surface area (Å²) in [5.41, 5.74) is -0.116. The van der Waals surface area contributed by atoms with Crippen LogP contribution in [0.2, 0.25) is 0 Å². The van der Waals surface area contributed by atoms with Gasteiger partial charge in [0.2, 0.25) is 0 Å². The lowest BCUT2D eigenvalue weighted by Crippen LogP contribution is -2.42. The van der Waals surface area contributed by atoms with Gasteiger partial charge in [-0.25, -0.2) is 13.1 Å². The monoisotopic (exact) mass is 333 g/mol. The van der Waals surface area contributed by atoms with Crippen LogP contribution >= 0.6 is 0 Å². The molecule has 7 heteroatoms. The molecular weight excluding hydrogens is 314 g/mol. The van der Waals surface area contributed by atoms with Crippen LogP contribution in [0.25, 0.3) is 10.8 Å². The lowest BCUT2D eigenvalue weighted by Gasteiger charge is -2.27. The van der Waals surface area contributed by atoms with Gasteiger partial charge in [-0.2, -0.15) is 5.10 Å². The molecule has 1 aliphatic carbocycles. The van der Waals surface area contributed by atoms with E-state index in [9.17, 15) is 13.2 Å². The summed E-state index contributed by atoms with van der Waals surface area (Å²) in [5.74, 6) is 0.451. The topological polar surface area (TPSA) is 72.3 Å². The van der Waals surface area contributed by atoms with Gasteiger partial charge in [0.1, 0.15) is 0 Å². The van der Waals surface area contributed by atoms with Gasteiger partial charge in [-0.15, -0.1) is 0 Å². The Labute approximate surface area is 134 Å². The van der Waals surface area contributed by atoms with Crippen molar-refractivity contribution >= 4 is 20.6 Å². The molecule has 6 nitrogen and oxygen atoms in total. The highest BCUT2D eigenvalue weighted by Gasteiger charge is 2.39. The Morgan fingerprint density at radius 2 is 1.96 bits per heavy atom. The summed E-state index contributed by atoms with van der Waals surface area (Å²) in [7, 11) is -2.93. The Hall–Kier alpha value is -1.73. The van der Waals surface area contributed by atoms with Crippen molar-refractivity contribution in [1.82, 2.24) is 14.7 Å². The second-order valence-corrected chi connectivity index (χ2v) is 8.71. The lowest BCUT2D eigenvalue weighted by atomic mass is 10.2. The highest BCUT2D eigenvalue weighted by Crippen LogP contribution is 2.32. The Balaban J connectivity index is 1.65. The predicted octanol–water partition coefficient (Wildman–Crippen LogP) is 1.01. The maximum absolute atomic E-state index is 12.6. The van der Waals surface area contributed by atoms with Crippen LogP contribution in [0.3, 0.4) is 0 Å². The third kappa shape index (κ3) is 2.90. The molecule has 0 radical (unpaired) electrons. The fraction of sp³-hybridized carbons (Fsp3) is 0.500. The molecule has 1 aromatic carbocycles. The number of sulfone groups is 1. The van der Waals surface area contributed by atoms with Crippen LogP contribution in [0.5, 0.6) is 0 Å². The summed E-state index contributed by atoms with van der Waals surface area (Å²) in [6.07, 6.45) is 4.49. The summed E-state index contributed by atoms with van der Waals surface area (Å²) in [6.45, 7) is 0.370. The standard InChI is InChI=1S/C16H19N3O3S/c20-16-15-4-2-1-3-12(15)9-17-19(16)11-18(13-5-6-13)14-7-8-23(21,22)10-14/h1-4,9,13-14H,5-8,10-11H2. The van der Waals surface area contributed by atoms with E-state index in [2.05, 4.69) is 10.00 Å². The van der Waals surface area contributed by atoms with Crippen molar-refractivity contribution in [3.63, 3.8) is 0 Å². The molecule has 1 saturated carbocycles. The van der Waals surface area contributed by atoms with Gasteiger partial charge in [0.05, 0.1) is 29.8 Å². The van der Waals surface area contributed by atoms with Crippen LogP contribution in [0, 0.1) is 0 Å². The molecule has 2 fully saturated rings. The van der Waals surface area contributed by atoms with Gasteiger partial charge in [0.25, 0.3) is 5.56 Å². The molecule has 1 aliphatic heterocycles. The quantitative estimate of drug-likeness (QED) is 0.835. The van der Waals surface area contributed by atoms with Crippen molar-refractivity contribution in [3.8, 4) is 0 Å². The van der Waals surface area contributed by atoms with E-state index in [-0.39, 0.29) is 23.1 Å². The molecule has 2 aliphatic rings. The Morgan fingerprint density at radius 1 is 1.17 bits per heavy atom. The summed E-state index contributed by atoms with van der Waals surface area (Å²) >= 11 is 0. The minimum Gasteiger partial charge on any atom is -0.277 e. The van der Waals surface area contributed by atoms with Gasteiger partial charge in [0.15, 0.2) is 9.84 Å². The zero-order valence-corrected chi connectivity index (χ0v) is 13.6. The van der Waals surface area contributed by atoms with Gasteiger partial charge in [-0.05, 0) is 25.3 Å². The Morgan fingerprint density at radius 3 is 2.65 bits per heavy atom. The molecule has 1 atom stereocenters. The maximum atomic E-state index is 12.6. The van der Waals surface area contributed by atoms with Gasteiger partial charge in [0, 0.05) is 17.5 Å². The molecule has 0 spiro atoms. The van der Waals surface area contributed by atoms with E-state index in [1.54, 1.807) is 12.3 Å². The van der Waals surface area contributed by atoms with Crippen LogP contribution in [-0.4, -0.2) is 46.7 Å². The average molecular weight is 333 g/mol. The van der Waals surface area contributed by atoms with E-state index in [1.807, 2.05) is 18.2 Å². The molecule has 1 aromatic heterocycles. The summed E-state index contributed by atoms with van der Waals surface area (Å²) in [4.78, 5) is 14.8. The largest absolute Gasteiger partial charge is 0.277 e. The molecular formula is C16H19N3O3S. The van der Waals surface area contributed by atoms with Crippen LogP contribution in [-0.2, 0) is 16.5 Å². The molecule has 1 saturated heterocycles. The molecule has 2 aromatic rings. The lowest BCUT2D eigenvalue weighted by molar-refractivity contribution is 0.143. The molecule has 0 bridgehead atoms. The molecule has 2 heterocycles. The van der Waals surface area contributed by atoms with Crippen molar-refractivity contribution in [1.29, 1.82) is 0 Å². The zero-order valence-electron chi connectivity index (χ0n) is 12.8. The van der Waals surface area contributed by atoms with Gasteiger partial charge < -0.3 is 0 Å². The minimum absolute atomic E-state index is 0.00710. The number of hydrogen-bond donors (Lipinski definition) is 0. The zero-order chi connectivity index (χ0) is 16.0. The number of nitrogens with zero attached hydrogens (tertiary/aromatic N) is 3. The van der Waals surface area contributed by atoms with Crippen molar-refractivity contribution < 1.29 is 8.42 Å². The number of fused-ring (bicyclic) bond motifs is 1. The van der Waals surface area contributed by atoms with E-state index in [4.69, 9.17) is 0 Å². The first-order valence-electron chi connectivity index (χ1n) is 7.94. The number of rotatable bonds is 4.